The average molecular weight is 232 g/mol. The van der Waals surface area contributed by atoms with Gasteiger partial charge < -0.3 is 4.74 Å². The first-order valence-corrected chi connectivity index (χ1v) is 5.20. The minimum atomic E-state index is -0.241. The molecular formula is C11H12N4O2. The lowest BCUT2D eigenvalue weighted by Gasteiger charge is -2.07. The molecule has 0 saturated heterocycles. The molecule has 1 N–H and O–H groups in total. The van der Waals surface area contributed by atoms with Gasteiger partial charge in [0.05, 0.1) is 11.8 Å². The number of H-pyrrole nitrogens is 1. The van der Waals surface area contributed by atoms with Crippen LogP contribution in [0, 0.1) is 0 Å². The molecule has 2 rings (SSSR count). The van der Waals surface area contributed by atoms with Crippen molar-refractivity contribution < 1.29 is 4.74 Å². The first-order valence-electron chi connectivity index (χ1n) is 5.20. The van der Waals surface area contributed by atoms with Gasteiger partial charge in [-0.15, -0.1) is 0 Å². The largest absolute Gasteiger partial charge is 0.461 e. The van der Waals surface area contributed by atoms with Gasteiger partial charge in [-0.2, -0.15) is 5.10 Å². The quantitative estimate of drug-likeness (QED) is 0.854. The summed E-state index contributed by atoms with van der Waals surface area (Å²) < 4.78 is 5.32. The Morgan fingerprint density at radius 3 is 2.47 bits per heavy atom. The van der Waals surface area contributed by atoms with Crippen LogP contribution in [0.2, 0.25) is 0 Å². The van der Waals surface area contributed by atoms with Crippen LogP contribution in [0.4, 0.5) is 0 Å². The van der Waals surface area contributed by atoms with Gasteiger partial charge in [-0.3, -0.25) is 4.79 Å². The number of rotatable bonds is 3. The molecule has 0 radical (unpaired) electrons. The van der Waals surface area contributed by atoms with E-state index in [1.165, 1.54) is 6.07 Å². The summed E-state index contributed by atoms with van der Waals surface area (Å²) in [4.78, 5) is 19.0. The summed E-state index contributed by atoms with van der Waals surface area (Å²) in [5, 5.41) is 6.23. The lowest BCUT2D eigenvalue weighted by Crippen LogP contribution is -2.08. The molecule has 2 heterocycles. The van der Waals surface area contributed by atoms with Crippen molar-refractivity contribution in [2.24, 2.45) is 0 Å². The Bertz CT molecular complexity index is 528. The molecule has 0 aromatic carbocycles. The molecule has 0 aliphatic carbocycles. The van der Waals surface area contributed by atoms with Crippen molar-refractivity contribution in [3.63, 3.8) is 0 Å². The third-order valence-electron chi connectivity index (χ3n) is 1.94. The second-order valence-corrected chi connectivity index (χ2v) is 3.73. The second kappa shape index (κ2) is 4.73. The molecule has 0 unspecified atom stereocenters. The molecule has 0 amide bonds. The molecule has 0 spiro atoms. The highest BCUT2D eigenvalue weighted by Gasteiger charge is 2.03. The van der Waals surface area contributed by atoms with Gasteiger partial charge in [0.2, 0.25) is 0 Å². The van der Waals surface area contributed by atoms with Gasteiger partial charge in [-0.25, -0.2) is 15.1 Å². The smallest absolute Gasteiger partial charge is 0.316 e. The molecule has 0 atom stereocenters. The summed E-state index contributed by atoms with van der Waals surface area (Å²) in [6.07, 6.45) is 3.24. The van der Waals surface area contributed by atoms with Gasteiger partial charge in [0.25, 0.3) is 5.56 Å². The first kappa shape index (κ1) is 11.3. The van der Waals surface area contributed by atoms with Crippen molar-refractivity contribution in [3.8, 4) is 17.3 Å². The van der Waals surface area contributed by atoms with Crippen LogP contribution in [0.1, 0.15) is 13.8 Å². The molecule has 2 aromatic rings. The van der Waals surface area contributed by atoms with E-state index < -0.39 is 0 Å². The summed E-state index contributed by atoms with van der Waals surface area (Å²) >= 11 is 0. The maximum Gasteiger partial charge on any atom is 0.316 e. The molecule has 0 bridgehead atoms. The summed E-state index contributed by atoms with van der Waals surface area (Å²) in [6.45, 7) is 3.81. The van der Waals surface area contributed by atoms with Crippen LogP contribution >= 0.6 is 0 Å². The van der Waals surface area contributed by atoms with Crippen molar-refractivity contribution in [1.29, 1.82) is 0 Å². The highest BCUT2D eigenvalue weighted by molar-refractivity contribution is 5.55. The number of nitrogens with one attached hydrogen (secondary N) is 1. The zero-order chi connectivity index (χ0) is 12.3. The van der Waals surface area contributed by atoms with Gasteiger partial charge in [0, 0.05) is 24.0 Å². The van der Waals surface area contributed by atoms with Crippen LogP contribution in [0.5, 0.6) is 6.01 Å². The molecular weight excluding hydrogens is 220 g/mol. The van der Waals surface area contributed by atoms with Gasteiger partial charge in [0.1, 0.15) is 0 Å². The minimum Gasteiger partial charge on any atom is -0.461 e. The molecule has 0 aliphatic rings. The predicted octanol–water partition coefficient (Wildman–Crippen LogP) is 1.01. The van der Waals surface area contributed by atoms with Crippen molar-refractivity contribution in [2.75, 3.05) is 0 Å². The van der Waals surface area contributed by atoms with Crippen LogP contribution in [-0.2, 0) is 0 Å². The highest BCUT2D eigenvalue weighted by atomic mass is 16.5. The second-order valence-electron chi connectivity index (χ2n) is 3.73. The minimum absolute atomic E-state index is 0.0343. The molecule has 0 fully saturated rings. The van der Waals surface area contributed by atoms with Gasteiger partial charge in [-0.1, -0.05) is 0 Å². The summed E-state index contributed by atoms with van der Waals surface area (Å²) in [5.41, 5.74) is 1.09. The number of nitrogens with zero attached hydrogens (tertiary/aromatic N) is 3. The summed E-state index contributed by atoms with van der Waals surface area (Å²) in [7, 11) is 0. The van der Waals surface area contributed by atoms with Crippen molar-refractivity contribution in [1.82, 2.24) is 20.2 Å². The molecule has 88 valence electrons. The third kappa shape index (κ3) is 2.87. The van der Waals surface area contributed by atoms with E-state index in [1.54, 1.807) is 18.5 Å². The molecule has 0 aliphatic heterocycles. The number of ether oxygens (including phenoxy) is 1. The third-order valence-corrected chi connectivity index (χ3v) is 1.94. The average Bonchev–Trinajstić information content (AvgIpc) is 2.30. The fraction of sp³-hybridized carbons (Fsp3) is 0.273. The Labute approximate surface area is 97.7 Å². The van der Waals surface area contributed by atoms with Crippen molar-refractivity contribution >= 4 is 0 Å². The fourth-order valence-electron chi connectivity index (χ4n) is 1.23. The molecule has 17 heavy (non-hydrogen) atoms. The normalized spacial score (nSPS) is 10.5. The Hall–Kier alpha value is -2.24. The van der Waals surface area contributed by atoms with Gasteiger partial charge >= 0.3 is 6.01 Å². The summed E-state index contributed by atoms with van der Waals surface area (Å²) in [6, 6.07) is 3.34. The Kier molecular flexibility index (Phi) is 3.13. The van der Waals surface area contributed by atoms with Crippen molar-refractivity contribution in [2.45, 2.75) is 20.0 Å². The van der Waals surface area contributed by atoms with E-state index in [1.807, 2.05) is 13.8 Å². The van der Waals surface area contributed by atoms with Crippen LogP contribution in [0.15, 0.2) is 29.3 Å². The molecule has 2 aromatic heterocycles. The molecule has 0 saturated carbocycles. The van der Waals surface area contributed by atoms with Crippen LogP contribution < -0.4 is 10.3 Å². The number of hydrogen-bond donors (Lipinski definition) is 1. The van der Waals surface area contributed by atoms with Crippen LogP contribution in [0.25, 0.3) is 11.3 Å². The van der Waals surface area contributed by atoms with E-state index in [4.69, 9.17) is 4.74 Å². The topological polar surface area (TPSA) is 80.8 Å². The van der Waals surface area contributed by atoms with E-state index >= 15 is 0 Å². The van der Waals surface area contributed by atoms with E-state index in [9.17, 15) is 4.79 Å². The lowest BCUT2D eigenvalue weighted by atomic mass is 10.2. The zero-order valence-corrected chi connectivity index (χ0v) is 9.54. The van der Waals surface area contributed by atoms with E-state index in [-0.39, 0.29) is 11.7 Å². The standard InChI is InChI=1S/C11H12N4O2/c1-7(2)17-11-12-5-8(6-13-11)9-3-4-10(16)15-14-9/h3-7H,1-2H3,(H,15,16). The Morgan fingerprint density at radius 1 is 1.24 bits per heavy atom. The van der Waals surface area contributed by atoms with Gasteiger partial charge in [0.15, 0.2) is 0 Å². The predicted molar refractivity (Wildman–Crippen MR) is 61.6 cm³/mol. The molecule has 6 heteroatoms. The Morgan fingerprint density at radius 2 is 1.94 bits per heavy atom. The van der Waals surface area contributed by atoms with E-state index in [0.29, 0.717) is 11.7 Å². The number of aromatic nitrogens is 4. The number of aromatic amines is 1. The number of hydrogen-bond acceptors (Lipinski definition) is 5. The van der Waals surface area contributed by atoms with Crippen LogP contribution in [0.3, 0.4) is 0 Å². The molecule has 6 nitrogen and oxygen atoms in total. The zero-order valence-electron chi connectivity index (χ0n) is 9.54. The lowest BCUT2D eigenvalue weighted by molar-refractivity contribution is 0.222. The Balaban J connectivity index is 2.23. The fourth-order valence-corrected chi connectivity index (χ4v) is 1.23. The maximum absolute atomic E-state index is 10.9. The summed E-state index contributed by atoms with van der Waals surface area (Å²) in [5.74, 6) is 0. The van der Waals surface area contributed by atoms with Crippen LogP contribution in [-0.4, -0.2) is 26.3 Å². The van der Waals surface area contributed by atoms with E-state index in [2.05, 4.69) is 20.2 Å². The van der Waals surface area contributed by atoms with Crippen molar-refractivity contribution in [3.05, 3.63) is 34.9 Å². The first-order chi connectivity index (χ1) is 8.15. The van der Waals surface area contributed by atoms with E-state index in [0.717, 1.165) is 5.56 Å². The SMILES string of the molecule is CC(C)Oc1ncc(-c2ccc(=O)[nH]n2)cn1. The monoisotopic (exact) mass is 232 g/mol. The highest BCUT2D eigenvalue weighted by Crippen LogP contribution is 2.14. The van der Waals surface area contributed by atoms with Gasteiger partial charge in [-0.05, 0) is 19.9 Å². The maximum atomic E-state index is 10.9.